The summed E-state index contributed by atoms with van der Waals surface area (Å²) in [7, 11) is -2.14. The monoisotopic (exact) mass is 328 g/mol. The van der Waals surface area contributed by atoms with Gasteiger partial charge in [-0.2, -0.15) is 0 Å². The van der Waals surface area contributed by atoms with Crippen molar-refractivity contribution in [3.05, 3.63) is 29.8 Å². The summed E-state index contributed by atoms with van der Waals surface area (Å²) < 4.78 is 25.3. The van der Waals surface area contributed by atoms with E-state index < -0.39 is 22.0 Å². The molecule has 8 heteroatoms. The number of carboxylic acids is 1. The minimum absolute atomic E-state index is 0.141. The number of benzene rings is 1. The average Bonchev–Trinajstić information content (AvgIpc) is 2.50. The van der Waals surface area contributed by atoms with Gasteiger partial charge in [-0.25, -0.2) is 17.9 Å². The number of sulfonamides is 1. The molecule has 0 saturated heterocycles. The maximum absolute atomic E-state index is 11.7. The third-order valence-corrected chi connectivity index (χ3v) is 4.61. The molecule has 1 rings (SSSR count). The lowest BCUT2D eigenvalue weighted by atomic mass is 10.1. The van der Waals surface area contributed by atoms with Crippen LogP contribution in [0.3, 0.4) is 0 Å². The van der Waals surface area contributed by atoms with Gasteiger partial charge in [-0.3, -0.25) is 4.79 Å². The highest BCUT2D eigenvalue weighted by Crippen LogP contribution is 2.11. The number of hydrogen-bond acceptors (Lipinski definition) is 4. The molecule has 22 heavy (non-hydrogen) atoms. The van der Waals surface area contributed by atoms with Crippen LogP contribution >= 0.6 is 0 Å². The molecule has 1 aromatic carbocycles. The fourth-order valence-corrected chi connectivity index (χ4v) is 2.55. The van der Waals surface area contributed by atoms with E-state index in [1.807, 2.05) is 0 Å². The zero-order chi connectivity index (χ0) is 16.8. The molecule has 0 aliphatic heterocycles. The van der Waals surface area contributed by atoms with Gasteiger partial charge in [0.15, 0.2) is 0 Å². The number of aliphatic carboxylic acids is 1. The van der Waals surface area contributed by atoms with Crippen molar-refractivity contribution in [3.8, 4) is 0 Å². The van der Waals surface area contributed by atoms with Gasteiger partial charge in [0.1, 0.15) is 6.04 Å². The SMILES string of the molecule is CCC(NC(=O)CCc1ccc(S(=O)(=O)NC)cc1)C(=O)O. The van der Waals surface area contributed by atoms with E-state index in [2.05, 4.69) is 10.0 Å². The van der Waals surface area contributed by atoms with Gasteiger partial charge < -0.3 is 10.4 Å². The predicted molar refractivity (Wildman–Crippen MR) is 80.9 cm³/mol. The Kier molecular flexibility index (Phi) is 6.51. The number of carbonyl (C=O) groups is 2. The summed E-state index contributed by atoms with van der Waals surface area (Å²) >= 11 is 0. The number of nitrogens with one attached hydrogen (secondary N) is 2. The van der Waals surface area contributed by atoms with E-state index in [4.69, 9.17) is 5.11 Å². The van der Waals surface area contributed by atoms with Gasteiger partial charge in [0.2, 0.25) is 15.9 Å². The normalized spacial score (nSPS) is 12.6. The van der Waals surface area contributed by atoms with E-state index in [9.17, 15) is 18.0 Å². The number of amides is 1. The standard InChI is InChI=1S/C14H20N2O5S/c1-3-12(14(18)19)16-13(17)9-6-10-4-7-11(8-5-10)22(20,21)15-2/h4-5,7-8,12,15H,3,6,9H2,1-2H3,(H,16,17)(H,18,19). The molecule has 7 nitrogen and oxygen atoms in total. The lowest BCUT2D eigenvalue weighted by Crippen LogP contribution is -2.40. The summed E-state index contributed by atoms with van der Waals surface area (Å²) in [4.78, 5) is 22.7. The number of hydrogen-bond donors (Lipinski definition) is 3. The van der Waals surface area contributed by atoms with Gasteiger partial charge in [-0.15, -0.1) is 0 Å². The van der Waals surface area contributed by atoms with Crippen LogP contribution in [0.25, 0.3) is 0 Å². The van der Waals surface area contributed by atoms with Crippen molar-refractivity contribution in [2.45, 2.75) is 37.1 Å². The van der Waals surface area contributed by atoms with Crippen LogP contribution in [0.1, 0.15) is 25.3 Å². The molecule has 0 aliphatic rings. The Morgan fingerprint density at radius 2 is 1.82 bits per heavy atom. The molecule has 0 heterocycles. The first-order chi connectivity index (χ1) is 10.3. The number of rotatable bonds is 8. The van der Waals surface area contributed by atoms with Gasteiger partial charge in [-0.05, 0) is 37.6 Å². The van der Waals surface area contributed by atoms with Crippen molar-refractivity contribution in [3.63, 3.8) is 0 Å². The number of carbonyl (C=O) groups excluding carboxylic acids is 1. The van der Waals surface area contributed by atoms with Crippen molar-refractivity contribution in [2.24, 2.45) is 0 Å². The molecule has 0 radical (unpaired) electrons. The molecular weight excluding hydrogens is 308 g/mol. The van der Waals surface area contributed by atoms with Gasteiger partial charge in [0.25, 0.3) is 0 Å². The molecule has 1 unspecified atom stereocenters. The molecule has 0 aliphatic carbocycles. The van der Waals surface area contributed by atoms with Crippen molar-refractivity contribution < 1.29 is 23.1 Å². The van der Waals surface area contributed by atoms with E-state index in [0.717, 1.165) is 5.56 Å². The maximum atomic E-state index is 11.7. The molecular formula is C14H20N2O5S. The summed E-state index contributed by atoms with van der Waals surface area (Å²) in [6, 6.07) is 5.31. The van der Waals surface area contributed by atoms with Crippen LogP contribution in [0.4, 0.5) is 0 Å². The van der Waals surface area contributed by atoms with Crippen molar-refractivity contribution in [1.29, 1.82) is 0 Å². The summed E-state index contributed by atoms with van der Waals surface area (Å²) in [6.07, 6.45) is 0.862. The van der Waals surface area contributed by atoms with Crippen LogP contribution in [0.15, 0.2) is 29.2 Å². The first kappa shape index (κ1) is 18.1. The number of carboxylic acid groups (broad SMARTS) is 1. The van der Waals surface area contributed by atoms with Gasteiger partial charge >= 0.3 is 5.97 Å². The molecule has 0 aromatic heterocycles. The van der Waals surface area contributed by atoms with Gasteiger partial charge in [0, 0.05) is 6.42 Å². The Balaban J connectivity index is 2.58. The van der Waals surface area contributed by atoms with Crippen LogP contribution in [0, 0.1) is 0 Å². The smallest absolute Gasteiger partial charge is 0.326 e. The minimum atomic E-state index is -3.47. The zero-order valence-corrected chi connectivity index (χ0v) is 13.3. The summed E-state index contributed by atoms with van der Waals surface area (Å²) in [5.41, 5.74) is 0.800. The van der Waals surface area contributed by atoms with E-state index in [0.29, 0.717) is 12.8 Å². The molecule has 0 bridgehead atoms. The molecule has 122 valence electrons. The molecule has 1 aromatic rings. The quantitative estimate of drug-likeness (QED) is 0.643. The van der Waals surface area contributed by atoms with Gasteiger partial charge in [-0.1, -0.05) is 19.1 Å². The topological polar surface area (TPSA) is 113 Å². The highest BCUT2D eigenvalue weighted by atomic mass is 32.2. The molecule has 1 amide bonds. The second-order valence-corrected chi connectivity index (χ2v) is 6.60. The Morgan fingerprint density at radius 3 is 2.27 bits per heavy atom. The fraction of sp³-hybridized carbons (Fsp3) is 0.429. The van der Waals surface area contributed by atoms with E-state index >= 15 is 0 Å². The summed E-state index contributed by atoms with van der Waals surface area (Å²) in [6.45, 7) is 1.68. The van der Waals surface area contributed by atoms with Crippen LogP contribution in [0.5, 0.6) is 0 Å². The van der Waals surface area contributed by atoms with Crippen LogP contribution < -0.4 is 10.0 Å². The van der Waals surface area contributed by atoms with Crippen molar-refractivity contribution in [1.82, 2.24) is 10.0 Å². The third-order valence-electron chi connectivity index (χ3n) is 3.18. The molecule has 0 fully saturated rings. The molecule has 0 saturated carbocycles. The second-order valence-electron chi connectivity index (χ2n) is 4.72. The Labute approximate surface area is 129 Å². The molecule has 1 atom stereocenters. The lowest BCUT2D eigenvalue weighted by Gasteiger charge is -2.12. The van der Waals surface area contributed by atoms with E-state index in [1.54, 1.807) is 19.1 Å². The largest absolute Gasteiger partial charge is 0.480 e. The first-order valence-corrected chi connectivity index (χ1v) is 8.33. The zero-order valence-electron chi connectivity index (χ0n) is 12.5. The average molecular weight is 328 g/mol. The Morgan fingerprint density at radius 1 is 1.23 bits per heavy atom. The summed E-state index contributed by atoms with van der Waals surface area (Å²) in [5, 5.41) is 11.3. The fourth-order valence-electron chi connectivity index (χ4n) is 1.82. The highest BCUT2D eigenvalue weighted by Gasteiger charge is 2.17. The third kappa shape index (κ3) is 5.12. The van der Waals surface area contributed by atoms with Crippen LogP contribution in [0.2, 0.25) is 0 Å². The lowest BCUT2D eigenvalue weighted by molar-refractivity contribution is -0.141. The minimum Gasteiger partial charge on any atom is -0.480 e. The van der Waals surface area contributed by atoms with Crippen molar-refractivity contribution >= 4 is 21.9 Å². The Bertz CT molecular complexity index is 625. The van der Waals surface area contributed by atoms with Crippen LogP contribution in [-0.4, -0.2) is 38.5 Å². The Hall–Kier alpha value is -1.93. The highest BCUT2D eigenvalue weighted by molar-refractivity contribution is 7.89. The molecule has 0 spiro atoms. The van der Waals surface area contributed by atoms with E-state index in [-0.39, 0.29) is 17.2 Å². The number of aryl methyl sites for hydroxylation is 1. The van der Waals surface area contributed by atoms with Gasteiger partial charge in [0.05, 0.1) is 4.90 Å². The molecule has 3 N–H and O–H groups in total. The predicted octanol–water partition coefficient (Wildman–Crippen LogP) is 0.507. The van der Waals surface area contributed by atoms with E-state index in [1.165, 1.54) is 19.2 Å². The second kappa shape index (κ2) is 7.90. The maximum Gasteiger partial charge on any atom is 0.326 e. The summed E-state index contributed by atoms with van der Waals surface area (Å²) in [5.74, 6) is -1.40. The van der Waals surface area contributed by atoms with Crippen LogP contribution in [-0.2, 0) is 26.0 Å². The van der Waals surface area contributed by atoms with Crippen molar-refractivity contribution in [2.75, 3.05) is 7.05 Å². The first-order valence-electron chi connectivity index (χ1n) is 6.84.